The summed E-state index contributed by atoms with van der Waals surface area (Å²) in [4.78, 5) is 13.2. The van der Waals surface area contributed by atoms with E-state index in [4.69, 9.17) is 0 Å². The van der Waals surface area contributed by atoms with Crippen LogP contribution in [0.2, 0.25) is 0 Å². The first kappa shape index (κ1) is 13.5. The molecule has 16 heavy (non-hydrogen) atoms. The summed E-state index contributed by atoms with van der Waals surface area (Å²) in [5.74, 6) is 1.78. The Labute approximate surface area is 99.6 Å². The zero-order valence-electron chi connectivity index (χ0n) is 11.1. The van der Waals surface area contributed by atoms with Crippen LogP contribution in [0.1, 0.15) is 39.5 Å². The summed E-state index contributed by atoms with van der Waals surface area (Å²) in [6.07, 6.45) is 5.05. The highest BCUT2D eigenvalue weighted by Crippen LogP contribution is 2.30. The van der Waals surface area contributed by atoms with Crippen LogP contribution in [0.15, 0.2) is 0 Å². The maximum atomic E-state index is 11.5. The van der Waals surface area contributed by atoms with Gasteiger partial charge in [-0.3, -0.25) is 4.79 Å². The van der Waals surface area contributed by atoms with E-state index in [0.717, 1.165) is 11.8 Å². The highest BCUT2D eigenvalue weighted by atomic mass is 16.2. The molecule has 1 saturated carbocycles. The normalized spacial score (nSPS) is 30.1. The van der Waals surface area contributed by atoms with Crippen molar-refractivity contribution in [3.8, 4) is 0 Å². The van der Waals surface area contributed by atoms with Crippen molar-refractivity contribution in [3.63, 3.8) is 0 Å². The highest BCUT2D eigenvalue weighted by Gasteiger charge is 2.27. The Morgan fingerprint density at radius 2 is 2.06 bits per heavy atom. The number of carbonyl (C=O) groups excluding carboxylic acids is 1. The quantitative estimate of drug-likeness (QED) is 0.794. The van der Waals surface area contributed by atoms with Crippen molar-refractivity contribution in [1.82, 2.24) is 10.2 Å². The van der Waals surface area contributed by atoms with E-state index in [1.165, 1.54) is 25.7 Å². The molecule has 3 atom stereocenters. The summed E-state index contributed by atoms with van der Waals surface area (Å²) in [5, 5.41) is 3.43. The van der Waals surface area contributed by atoms with Gasteiger partial charge in [-0.05, 0) is 31.1 Å². The van der Waals surface area contributed by atoms with Crippen molar-refractivity contribution in [2.24, 2.45) is 11.8 Å². The molecule has 3 unspecified atom stereocenters. The first-order valence-corrected chi connectivity index (χ1v) is 6.48. The maximum absolute atomic E-state index is 11.5. The number of hydrogen-bond acceptors (Lipinski definition) is 2. The summed E-state index contributed by atoms with van der Waals surface area (Å²) >= 11 is 0. The average Bonchev–Trinajstić information content (AvgIpc) is 2.26. The first-order chi connectivity index (χ1) is 7.54. The number of nitrogens with one attached hydrogen (secondary N) is 1. The molecule has 0 aromatic rings. The van der Waals surface area contributed by atoms with Gasteiger partial charge in [0.2, 0.25) is 5.91 Å². The summed E-state index contributed by atoms with van der Waals surface area (Å²) in [6, 6.07) is 0.546. The van der Waals surface area contributed by atoms with E-state index in [1.54, 1.807) is 4.90 Å². The summed E-state index contributed by atoms with van der Waals surface area (Å²) < 4.78 is 0. The van der Waals surface area contributed by atoms with Crippen molar-refractivity contribution in [1.29, 1.82) is 0 Å². The lowest BCUT2D eigenvalue weighted by atomic mass is 9.77. The molecule has 0 spiro atoms. The number of hydrogen-bond donors (Lipinski definition) is 1. The molecule has 3 nitrogen and oxygen atoms in total. The number of carbonyl (C=O) groups is 1. The molecule has 1 aliphatic rings. The zero-order valence-corrected chi connectivity index (χ0v) is 11.1. The van der Waals surface area contributed by atoms with Gasteiger partial charge in [-0.25, -0.2) is 0 Å². The molecule has 0 heterocycles. The Kier molecular flexibility index (Phi) is 5.26. The smallest absolute Gasteiger partial charge is 0.236 e. The largest absolute Gasteiger partial charge is 0.348 e. The molecule has 0 saturated heterocycles. The van der Waals surface area contributed by atoms with E-state index in [9.17, 15) is 4.79 Å². The molecule has 0 bridgehead atoms. The summed E-state index contributed by atoms with van der Waals surface area (Å²) in [7, 11) is 3.62. The van der Waals surface area contributed by atoms with E-state index in [1.807, 2.05) is 14.1 Å². The van der Waals surface area contributed by atoms with Crippen molar-refractivity contribution in [3.05, 3.63) is 0 Å². The number of nitrogens with zero attached hydrogens (tertiary/aromatic N) is 1. The number of amides is 1. The van der Waals surface area contributed by atoms with Gasteiger partial charge in [0.15, 0.2) is 0 Å². The second-order valence-electron chi connectivity index (χ2n) is 5.36. The lowest BCUT2D eigenvalue weighted by Gasteiger charge is -2.35. The minimum atomic E-state index is 0.175. The fourth-order valence-electron chi connectivity index (χ4n) is 2.60. The lowest BCUT2D eigenvalue weighted by Crippen LogP contribution is -2.44. The maximum Gasteiger partial charge on any atom is 0.236 e. The van der Waals surface area contributed by atoms with Crippen LogP contribution in [0.5, 0.6) is 0 Å². The monoisotopic (exact) mass is 226 g/mol. The fraction of sp³-hybridized carbons (Fsp3) is 0.923. The first-order valence-electron chi connectivity index (χ1n) is 6.48. The number of rotatable bonds is 4. The van der Waals surface area contributed by atoms with Crippen LogP contribution in [0.3, 0.4) is 0 Å². The molecule has 3 heteroatoms. The Morgan fingerprint density at radius 3 is 2.62 bits per heavy atom. The Morgan fingerprint density at radius 1 is 1.38 bits per heavy atom. The van der Waals surface area contributed by atoms with Crippen LogP contribution in [0.4, 0.5) is 0 Å². The lowest BCUT2D eigenvalue weighted by molar-refractivity contribution is -0.128. The topological polar surface area (TPSA) is 32.3 Å². The van der Waals surface area contributed by atoms with Crippen LogP contribution < -0.4 is 5.32 Å². The van der Waals surface area contributed by atoms with Crippen LogP contribution in [-0.2, 0) is 4.79 Å². The zero-order chi connectivity index (χ0) is 12.1. The van der Waals surface area contributed by atoms with Crippen LogP contribution in [0, 0.1) is 11.8 Å². The third-order valence-corrected chi connectivity index (χ3v) is 3.78. The third kappa shape index (κ3) is 3.78. The molecule has 0 aliphatic heterocycles. The number of likely N-dealkylation sites (N-methyl/N-ethyl adjacent to an activating group) is 1. The van der Waals surface area contributed by atoms with Crippen LogP contribution >= 0.6 is 0 Å². The second kappa shape index (κ2) is 6.24. The Balaban J connectivity index is 2.37. The Hall–Kier alpha value is -0.570. The van der Waals surface area contributed by atoms with Gasteiger partial charge < -0.3 is 10.2 Å². The predicted octanol–water partition coefficient (Wildman–Crippen LogP) is 1.88. The van der Waals surface area contributed by atoms with E-state index < -0.39 is 0 Å². The predicted molar refractivity (Wildman–Crippen MR) is 67.3 cm³/mol. The molecule has 1 N–H and O–H groups in total. The van der Waals surface area contributed by atoms with E-state index in [-0.39, 0.29) is 5.91 Å². The van der Waals surface area contributed by atoms with E-state index in [0.29, 0.717) is 12.6 Å². The van der Waals surface area contributed by atoms with Gasteiger partial charge in [-0.2, -0.15) is 0 Å². The standard InChI is InChI=1S/C13H26N2O/c1-5-11-8-10(2)6-7-12(11)14-9-13(16)15(3)4/h10-12,14H,5-9H2,1-4H3. The van der Waals surface area contributed by atoms with Crippen molar-refractivity contribution >= 4 is 5.91 Å². The second-order valence-corrected chi connectivity index (χ2v) is 5.36. The minimum absolute atomic E-state index is 0.175. The van der Waals surface area contributed by atoms with Gasteiger partial charge in [-0.15, -0.1) is 0 Å². The molecule has 1 amide bonds. The van der Waals surface area contributed by atoms with Crippen molar-refractivity contribution in [2.75, 3.05) is 20.6 Å². The molecule has 0 radical (unpaired) electrons. The van der Waals surface area contributed by atoms with Gasteiger partial charge in [0.05, 0.1) is 6.54 Å². The van der Waals surface area contributed by atoms with Gasteiger partial charge >= 0.3 is 0 Å². The van der Waals surface area contributed by atoms with Crippen LogP contribution in [-0.4, -0.2) is 37.5 Å². The van der Waals surface area contributed by atoms with E-state index in [2.05, 4.69) is 19.2 Å². The van der Waals surface area contributed by atoms with E-state index >= 15 is 0 Å². The van der Waals surface area contributed by atoms with Gasteiger partial charge in [0.25, 0.3) is 0 Å². The van der Waals surface area contributed by atoms with Crippen molar-refractivity contribution in [2.45, 2.75) is 45.6 Å². The molecular weight excluding hydrogens is 200 g/mol. The molecule has 1 rings (SSSR count). The molecule has 1 aliphatic carbocycles. The summed E-state index contributed by atoms with van der Waals surface area (Å²) in [5.41, 5.74) is 0. The molecule has 94 valence electrons. The van der Waals surface area contributed by atoms with Gasteiger partial charge in [-0.1, -0.05) is 20.3 Å². The Bertz CT molecular complexity index is 228. The van der Waals surface area contributed by atoms with Gasteiger partial charge in [0.1, 0.15) is 0 Å². The van der Waals surface area contributed by atoms with Gasteiger partial charge in [0, 0.05) is 20.1 Å². The minimum Gasteiger partial charge on any atom is -0.348 e. The third-order valence-electron chi connectivity index (χ3n) is 3.78. The fourth-order valence-corrected chi connectivity index (χ4v) is 2.60. The average molecular weight is 226 g/mol. The molecule has 0 aromatic carbocycles. The SMILES string of the molecule is CCC1CC(C)CCC1NCC(=O)N(C)C. The molecule has 0 aromatic heterocycles. The molecule has 1 fully saturated rings. The molecular formula is C13H26N2O. The van der Waals surface area contributed by atoms with Crippen LogP contribution in [0.25, 0.3) is 0 Å². The highest BCUT2D eigenvalue weighted by molar-refractivity contribution is 5.77. The van der Waals surface area contributed by atoms with Crippen molar-refractivity contribution < 1.29 is 4.79 Å². The summed E-state index contributed by atoms with van der Waals surface area (Å²) in [6.45, 7) is 5.08.